The van der Waals surface area contributed by atoms with Crippen LogP contribution in [0.4, 0.5) is 11.4 Å². The maximum Gasteiger partial charge on any atom is 0.266 e. The van der Waals surface area contributed by atoms with Crippen LogP contribution < -0.4 is 15.4 Å². The SMILES string of the molecule is N#C/C(=C\c1cc(Br)ccc1OCC(=O)Nc1ccccc1)C(=O)Nc1ccc(Cl)cc1. The normalized spacial score (nSPS) is 10.7. The van der Waals surface area contributed by atoms with Crippen molar-refractivity contribution < 1.29 is 14.3 Å². The molecule has 2 amide bonds. The van der Waals surface area contributed by atoms with Gasteiger partial charge in [-0.3, -0.25) is 9.59 Å². The lowest BCUT2D eigenvalue weighted by atomic mass is 10.1. The van der Waals surface area contributed by atoms with E-state index in [-0.39, 0.29) is 18.1 Å². The molecule has 0 fully saturated rings. The summed E-state index contributed by atoms with van der Waals surface area (Å²) in [7, 11) is 0. The molecule has 0 atom stereocenters. The van der Waals surface area contributed by atoms with E-state index in [2.05, 4.69) is 26.6 Å². The molecule has 3 aromatic carbocycles. The van der Waals surface area contributed by atoms with Crippen molar-refractivity contribution in [2.45, 2.75) is 0 Å². The molecule has 2 N–H and O–H groups in total. The number of nitriles is 1. The molecular weight excluding hydrogens is 494 g/mol. The van der Waals surface area contributed by atoms with Crippen LogP contribution in [-0.2, 0) is 9.59 Å². The zero-order chi connectivity index (χ0) is 22.9. The number of nitrogens with zero attached hydrogens (tertiary/aromatic N) is 1. The molecule has 8 heteroatoms. The van der Waals surface area contributed by atoms with Crippen molar-refractivity contribution in [2.75, 3.05) is 17.2 Å². The highest BCUT2D eigenvalue weighted by Gasteiger charge is 2.13. The minimum atomic E-state index is -0.581. The van der Waals surface area contributed by atoms with Gasteiger partial charge in [0.1, 0.15) is 17.4 Å². The number of ether oxygens (including phenoxy) is 1. The van der Waals surface area contributed by atoms with Gasteiger partial charge in [0.2, 0.25) is 0 Å². The Morgan fingerprint density at radius 2 is 1.69 bits per heavy atom. The summed E-state index contributed by atoms with van der Waals surface area (Å²) < 4.78 is 6.37. The highest BCUT2D eigenvalue weighted by Crippen LogP contribution is 2.26. The number of nitrogens with one attached hydrogen (secondary N) is 2. The van der Waals surface area contributed by atoms with Gasteiger partial charge < -0.3 is 15.4 Å². The molecule has 0 saturated heterocycles. The largest absolute Gasteiger partial charge is 0.483 e. The van der Waals surface area contributed by atoms with E-state index in [4.69, 9.17) is 16.3 Å². The monoisotopic (exact) mass is 509 g/mol. The molecule has 0 aliphatic heterocycles. The quantitative estimate of drug-likeness (QED) is 0.317. The number of para-hydroxylation sites is 1. The van der Waals surface area contributed by atoms with Gasteiger partial charge in [0.15, 0.2) is 6.61 Å². The van der Waals surface area contributed by atoms with Crippen molar-refractivity contribution in [3.8, 4) is 11.8 Å². The van der Waals surface area contributed by atoms with Crippen LogP contribution in [0.15, 0.2) is 82.8 Å². The summed E-state index contributed by atoms with van der Waals surface area (Å²) in [6, 6.07) is 22.5. The smallest absolute Gasteiger partial charge is 0.266 e. The zero-order valence-corrected chi connectivity index (χ0v) is 19.0. The molecule has 0 aromatic heterocycles. The second kappa shape index (κ2) is 11.1. The Morgan fingerprint density at radius 1 is 1.00 bits per heavy atom. The van der Waals surface area contributed by atoms with Crippen molar-refractivity contribution in [3.63, 3.8) is 0 Å². The Kier molecular flexibility index (Phi) is 8.03. The number of benzene rings is 3. The predicted molar refractivity (Wildman–Crippen MR) is 128 cm³/mol. The number of amides is 2. The number of hydrogen-bond acceptors (Lipinski definition) is 4. The van der Waals surface area contributed by atoms with Crippen LogP contribution in [0.2, 0.25) is 5.02 Å². The topological polar surface area (TPSA) is 91.2 Å². The van der Waals surface area contributed by atoms with Crippen LogP contribution in [0.5, 0.6) is 5.75 Å². The Labute approximate surface area is 198 Å². The van der Waals surface area contributed by atoms with Crippen molar-refractivity contribution in [1.29, 1.82) is 5.26 Å². The van der Waals surface area contributed by atoms with Crippen LogP contribution in [0.1, 0.15) is 5.56 Å². The lowest BCUT2D eigenvalue weighted by Gasteiger charge is -2.11. The first-order valence-electron chi connectivity index (χ1n) is 9.40. The van der Waals surface area contributed by atoms with Crippen LogP contribution >= 0.6 is 27.5 Å². The summed E-state index contributed by atoms with van der Waals surface area (Å²) in [6.07, 6.45) is 1.40. The first-order valence-corrected chi connectivity index (χ1v) is 10.6. The van der Waals surface area contributed by atoms with Gasteiger partial charge in [-0.15, -0.1) is 0 Å². The Balaban J connectivity index is 1.74. The first-order chi connectivity index (χ1) is 15.4. The number of anilines is 2. The van der Waals surface area contributed by atoms with E-state index < -0.39 is 5.91 Å². The van der Waals surface area contributed by atoms with Gasteiger partial charge in [0.25, 0.3) is 11.8 Å². The predicted octanol–water partition coefficient (Wildman–Crippen LogP) is 5.67. The lowest BCUT2D eigenvalue weighted by Crippen LogP contribution is -2.20. The van der Waals surface area contributed by atoms with Gasteiger partial charge in [-0.2, -0.15) is 5.26 Å². The molecule has 3 aromatic rings. The van der Waals surface area contributed by atoms with E-state index in [1.165, 1.54) is 6.08 Å². The van der Waals surface area contributed by atoms with Crippen molar-refractivity contribution in [2.24, 2.45) is 0 Å². The lowest BCUT2D eigenvalue weighted by molar-refractivity contribution is -0.118. The van der Waals surface area contributed by atoms with Crippen molar-refractivity contribution >= 4 is 56.8 Å². The van der Waals surface area contributed by atoms with Crippen LogP contribution in [0, 0.1) is 11.3 Å². The average Bonchev–Trinajstić information content (AvgIpc) is 2.79. The Bertz CT molecular complexity index is 1190. The van der Waals surface area contributed by atoms with Crippen LogP contribution in [0.25, 0.3) is 6.08 Å². The molecule has 160 valence electrons. The number of carbonyl (C=O) groups excluding carboxylic acids is 2. The molecule has 32 heavy (non-hydrogen) atoms. The first kappa shape index (κ1) is 23.1. The number of hydrogen-bond donors (Lipinski definition) is 2. The Hall–Kier alpha value is -3.60. The van der Waals surface area contributed by atoms with E-state index in [1.807, 2.05) is 24.3 Å². The minimum absolute atomic E-state index is 0.128. The molecule has 0 heterocycles. The standard InChI is InChI=1S/C24H17BrClN3O3/c25-18-6-11-22(32-15-23(30)28-20-4-2-1-3-5-20)16(13-18)12-17(14-27)24(31)29-21-9-7-19(26)8-10-21/h1-13H,15H2,(H,28,30)(H,29,31)/b17-12+. The fourth-order valence-electron chi connectivity index (χ4n) is 2.66. The summed E-state index contributed by atoms with van der Waals surface area (Å²) in [4.78, 5) is 24.7. The molecule has 0 aliphatic carbocycles. The molecule has 0 aliphatic rings. The number of carbonyl (C=O) groups is 2. The molecule has 0 bridgehead atoms. The van der Waals surface area contributed by atoms with Gasteiger partial charge in [0.05, 0.1) is 0 Å². The average molecular weight is 511 g/mol. The second-order valence-electron chi connectivity index (χ2n) is 6.52. The molecule has 3 rings (SSSR count). The van der Waals surface area contributed by atoms with E-state index in [0.29, 0.717) is 27.7 Å². The third-order valence-corrected chi connectivity index (χ3v) is 4.90. The summed E-state index contributed by atoms with van der Waals surface area (Å²) in [5.74, 6) is -0.568. The molecule has 0 spiro atoms. The molecule has 0 radical (unpaired) electrons. The van der Waals surface area contributed by atoms with Crippen molar-refractivity contribution in [3.05, 3.63) is 93.4 Å². The van der Waals surface area contributed by atoms with E-state index in [9.17, 15) is 14.9 Å². The maximum absolute atomic E-state index is 12.5. The third-order valence-electron chi connectivity index (χ3n) is 4.16. The summed E-state index contributed by atoms with van der Waals surface area (Å²) in [6.45, 7) is -0.240. The van der Waals surface area contributed by atoms with Gasteiger partial charge >= 0.3 is 0 Å². The molecule has 0 saturated carbocycles. The highest BCUT2D eigenvalue weighted by molar-refractivity contribution is 9.10. The van der Waals surface area contributed by atoms with E-state index in [1.54, 1.807) is 54.6 Å². The molecular formula is C24H17BrClN3O3. The number of rotatable bonds is 7. The van der Waals surface area contributed by atoms with Crippen LogP contribution in [0.3, 0.4) is 0 Å². The Morgan fingerprint density at radius 3 is 2.38 bits per heavy atom. The summed E-state index contributed by atoms with van der Waals surface area (Å²) >= 11 is 9.22. The highest BCUT2D eigenvalue weighted by atomic mass is 79.9. The fraction of sp³-hybridized carbons (Fsp3) is 0.0417. The minimum Gasteiger partial charge on any atom is -0.483 e. The van der Waals surface area contributed by atoms with Gasteiger partial charge in [-0.25, -0.2) is 0 Å². The number of halogens is 2. The third kappa shape index (κ3) is 6.71. The maximum atomic E-state index is 12.5. The van der Waals surface area contributed by atoms with Gasteiger partial charge in [-0.05, 0) is 60.7 Å². The molecule has 6 nitrogen and oxygen atoms in total. The summed E-state index contributed by atoms with van der Waals surface area (Å²) in [5.41, 5.74) is 1.50. The fourth-order valence-corrected chi connectivity index (χ4v) is 3.17. The van der Waals surface area contributed by atoms with Gasteiger partial charge in [-0.1, -0.05) is 45.7 Å². The zero-order valence-electron chi connectivity index (χ0n) is 16.6. The van der Waals surface area contributed by atoms with E-state index >= 15 is 0 Å². The van der Waals surface area contributed by atoms with Crippen LogP contribution in [-0.4, -0.2) is 18.4 Å². The molecule has 0 unspecified atom stereocenters. The van der Waals surface area contributed by atoms with E-state index in [0.717, 1.165) is 4.47 Å². The van der Waals surface area contributed by atoms with Crippen molar-refractivity contribution in [1.82, 2.24) is 0 Å². The second-order valence-corrected chi connectivity index (χ2v) is 7.87. The summed E-state index contributed by atoms with van der Waals surface area (Å²) in [5, 5.41) is 15.4. The van der Waals surface area contributed by atoms with Gasteiger partial charge in [0, 0.05) is 26.4 Å².